The predicted octanol–water partition coefficient (Wildman–Crippen LogP) is 0.696. The Bertz CT molecular complexity index is 935. The second-order valence-corrected chi connectivity index (χ2v) is 13.0. The van der Waals surface area contributed by atoms with Gasteiger partial charge in [-0.3, -0.25) is 4.79 Å². The van der Waals surface area contributed by atoms with Gasteiger partial charge in [0.25, 0.3) is 0 Å². The van der Waals surface area contributed by atoms with Crippen LogP contribution in [0.4, 0.5) is 0 Å². The van der Waals surface area contributed by atoms with Crippen LogP contribution in [0.5, 0.6) is 0 Å². The number of carbonyl (C=O) groups excluding carboxylic acids is 1. The molecule has 0 aromatic heterocycles. The molecule has 2 aliphatic heterocycles. The molecule has 2 fully saturated rings. The molecule has 14 nitrogen and oxygen atoms in total. The highest BCUT2D eigenvalue weighted by atomic mass is 16.7. The summed E-state index contributed by atoms with van der Waals surface area (Å²) < 4.78 is 22.2. The van der Waals surface area contributed by atoms with Crippen LogP contribution in [0.3, 0.4) is 0 Å². The summed E-state index contributed by atoms with van der Waals surface area (Å²) in [5, 5.41) is 84.9. The van der Waals surface area contributed by atoms with E-state index >= 15 is 0 Å². The van der Waals surface area contributed by atoms with E-state index in [-0.39, 0.29) is 18.9 Å². The first-order valence-corrected chi connectivity index (χ1v) is 18.1. The van der Waals surface area contributed by atoms with Crippen LogP contribution < -0.4 is 5.32 Å². The second kappa shape index (κ2) is 24.6. The largest absolute Gasteiger partial charge is 0.394 e. The third-order valence-corrected chi connectivity index (χ3v) is 8.95. The first-order chi connectivity index (χ1) is 23.6. The van der Waals surface area contributed by atoms with Gasteiger partial charge >= 0.3 is 0 Å². The molecule has 0 spiro atoms. The Labute approximate surface area is 290 Å². The van der Waals surface area contributed by atoms with Crippen molar-refractivity contribution in [3.63, 3.8) is 0 Å². The molecule has 12 unspecified atom stereocenters. The highest BCUT2D eigenvalue weighted by Gasteiger charge is 2.50. The number of aliphatic hydroxyl groups is 8. The Morgan fingerprint density at radius 1 is 0.714 bits per heavy atom. The summed E-state index contributed by atoms with van der Waals surface area (Å²) in [6.07, 6.45) is 5.05. The van der Waals surface area contributed by atoms with Crippen molar-refractivity contribution in [3.05, 3.63) is 24.3 Å². The lowest BCUT2D eigenvalue weighted by Crippen LogP contribution is -2.65. The van der Waals surface area contributed by atoms with Crippen molar-refractivity contribution in [2.45, 2.75) is 171 Å². The van der Waals surface area contributed by atoms with Gasteiger partial charge in [0.15, 0.2) is 12.6 Å². The summed E-state index contributed by atoms with van der Waals surface area (Å²) in [5.41, 5.74) is 0. The van der Waals surface area contributed by atoms with Gasteiger partial charge in [0.2, 0.25) is 5.91 Å². The minimum atomic E-state index is -1.78. The molecule has 14 heteroatoms. The molecular formula is C35H63NO13. The van der Waals surface area contributed by atoms with E-state index in [4.69, 9.17) is 18.9 Å². The van der Waals surface area contributed by atoms with Crippen molar-refractivity contribution in [2.24, 2.45) is 0 Å². The number of nitrogens with one attached hydrogen (secondary N) is 1. The maximum Gasteiger partial charge on any atom is 0.220 e. The van der Waals surface area contributed by atoms with Crippen LogP contribution in [0.2, 0.25) is 0 Å². The van der Waals surface area contributed by atoms with Gasteiger partial charge in [-0.15, -0.1) is 0 Å². The average molecular weight is 706 g/mol. The number of hydrogen-bond donors (Lipinski definition) is 9. The van der Waals surface area contributed by atoms with Crippen LogP contribution >= 0.6 is 0 Å². The summed E-state index contributed by atoms with van der Waals surface area (Å²) in [5.74, 6) is -0.341. The molecule has 1 amide bonds. The fraction of sp³-hybridized carbons (Fsp3) is 0.857. The van der Waals surface area contributed by atoms with E-state index in [0.717, 1.165) is 12.8 Å². The highest BCUT2D eigenvalue weighted by molar-refractivity contribution is 5.75. The molecule has 49 heavy (non-hydrogen) atoms. The highest BCUT2D eigenvalue weighted by Crippen LogP contribution is 2.29. The predicted molar refractivity (Wildman–Crippen MR) is 180 cm³/mol. The van der Waals surface area contributed by atoms with E-state index in [1.54, 1.807) is 13.0 Å². The van der Waals surface area contributed by atoms with Crippen molar-refractivity contribution in [1.82, 2.24) is 5.32 Å². The first-order valence-electron chi connectivity index (χ1n) is 18.1. The first kappa shape index (κ1) is 43.6. The number of allylic oxidation sites excluding steroid dienone is 3. The van der Waals surface area contributed by atoms with Gasteiger partial charge in [-0.05, 0) is 25.7 Å². The number of rotatable bonds is 24. The standard InChI is InChI=1S/C35H63NO13/c1-3-5-6-7-8-9-10-11-12-13-14-15-16-17-18-19-24(39)23(36-27(40)4-2)22-46-34-32(45)30(43)33(26(21-38)48-34)49-35-31(44)29(42)28(41)25(20-37)47-35/h14-15,18-19,23-26,28-35,37-39,41-45H,3-13,16-17,20-22H2,1-2H3,(H,36,40)/b15-14+,19-18+. The summed E-state index contributed by atoms with van der Waals surface area (Å²) in [6, 6.07) is -0.922. The quantitative estimate of drug-likeness (QED) is 0.0498. The third kappa shape index (κ3) is 14.9. The molecule has 0 aliphatic carbocycles. The van der Waals surface area contributed by atoms with Gasteiger partial charge < -0.3 is 65.1 Å². The normalized spacial score (nSPS) is 32.1. The molecule has 2 heterocycles. The maximum absolute atomic E-state index is 12.2. The fourth-order valence-corrected chi connectivity index (χ4v) is 5.80. The van der Waals surface area contributed by atoms with E-state index in [1.807, 2.05) is 6.08 Å². The Hall–Kier alpha value is -1.53. The van der Waals surface area contributed by atoms with Crippen molar-refractivity contribution in [1.29, 1.82) is 0 Å². The lowest BCUT2D eigenvalue weighted by molar-refractivity contribution is -0.359. The Morgan fingerprint density at radius 3 is 1.92 bits per heavy atom. The van der Waals surface area contributed by atoms with E-state index in [9.17, 15) is 45.6 Å². The molecule has 2 aliphatic rings. The van der Waals surface area contributed by atoms with Crippen LogP contribution in [-0.4, -0.2) is 140 Å². The second-order valence-electron chi connectivity index (χ2n) is 13.0. The topological polar surface area (TPSA) is 228 Å². The lowest BCUT2D eigenvalue weighted by Gasteiger charge is -2.46. The van der Waals surface area contributed by atoms with E-state index in [1.165, 1.54) is 57.8 Å². The summed E-state index contributed by atoms with van der Waals surface area (Å²) >= 11 is 0. The van der Waals surface area contributed by atoms with Crippen LogP contribution in [0.1, 0.15) is 97.3 Å². The molecule has 0 saturated carbocycles. The molecular weight excluding hydrogens is 642 g/mol. The Balaban J connectivity index is 1.83. The number of ether oxygens (including phenoxy) is 4. The van der Waals surface area contributed by atoms with Crippen molar-refractivity contribution in [2.75, 3.05) is 19.8 Å². The van der Waals surface area contributed by atoms with Crippen LogP contribution in [0, 0.1) is 0 Å². The van der Waals surface area contributed by atoms with Gasteiger partial charge in [0.1, 0.15) is 48.8 Å². The van der Waals surface area contributed by atoms with Gasteiger partial charge in [0.05, 0.1) is 32.0 Å². The fourth-order valence-electron chi connectivity index (χ4n) is 5.80. The Kier molecular flexibility index (Phi) is 21.9. The Morgan fingerprint density at radius 2 is 1.29 bits per heavy atom. The minimum absolute atomic E-state index is 0.154. The minimum Gasteiger partial charge on any atom is -0.394 e. The van der Waals surface area contributed by atoms with E-state index < -0.39 is 86.8 Å². The maximum atomic E-state index is 12.2. The molecule has 9 N–H and O–H groups in total. The number of carbonyl (C=O) groups is 1. The van der Waals surface area contributed by atoms with Crippen molar-refractivity contribution in [3.8, 4) is 0 Å². The average Bonchev–Trinajstić information content (AvgIpc) is 3.10. The van der Waals surface area contributed by atoms with E-state index in [0.29, 0.717) is 6.42 Å². The summed E-state index contributed by atoms with van der Waals surface area (Å²) in [7, 11) is 0. The van der Waals surface area contributed by atoms with Crippen molar-refractivity contribution >= 4 is 5.91 Å². The molecule has 0 aromatic rings. The zero-order valence-electron chi connectivity index (χ0n) is 29.2. The molecule has 0 aromatic carbocycles. The zero-order valence-corrected chi connectivity index (χ0v) is 29.2. The molecule has 12 atom stereocenters. The number of hydrogen-bond acceptors (Lipinski definition) is 13. The van der Waals surface area contributed by atoms with Crippen LogP contribution in [0.15, 0.2) is 24.3 Å². The lowest BCUT2D eigenvalue weighted by atomic mass is 9.97. The molecule has 2 saturated heterocycles. The number of unbranched alkanes of at least 4 members (excludes halogenated alkanes) is 10. The van der Waals surface area contributed by atoms with Crippen molar-refractivity contribution < 1.29 is 64.6 Å². The summed E-state index contributed by atoms with van der Waals surface area (Å²) in [6.45, 7) is 2.14. The van der Waals surface area contributed by atoms with Gasteiger partial charge in [0, 0.05) is 6.42 Å². The van der Waals surface area contributed by atoms with Gasteiger partial charge in [-0.2, -0.15) is 0 Å². The SMILES string of the molecule is CCCCCCCCCCC/C=C/CC/C=C/C(O)C(COC1OC(CO)C(OC2OC(CO)C(O)C(O)C2O)C(O)C1O)NC(=O)CC. The third-order valence-electron chi connectivity index (χ3n) is 8.95. The van der Waals surface area contributed by atoms with Gasteiger partial charge in [-0.1, -0.05) is 89.5 Å². The monoisotopic (exact) mass is 705 g/mol. The van der Waals surface area contributed by atoms with Crippen LogP contribution in [-0.2, 0) is 23.7 Å². The molecule has 286 valence electrons. The molecule has 2 rings (SSSR count). The molecule has 0 bridgehead atoms. The number of amides is 1. The van der Waals surface area contributed by atoms with E-state index in [2.05, 4.69) is 24.4 Å². The smallest absolute Gasteiger partial charge is 0.220 e. The zero-order chi connectivity index (χ0) is 36.2. The molecule has 0 radical (unpaired) electrons. The van der Waals surface area contributed by atoms with Crippen LogP contribution in [0.25, 0.3) is 0 Å². The van der Waals surface area contributed by atoms with Gasteiger partial charge in [-0.25, -0.2) is 0 Å². The number of aliphatic hydroxyl groups excluding tert-OH is 8. The summed E-state index contributed by atoms with van der Waals surface area (Å²) in [4.78, 5) is 12.2.